The lowest BCUT2D eigenvalue weighted by Crippen LogP contribution is -2.42. The predicted molar refractivity (Wildman–Crippen MR) is 91.5 cm³/mol. The summed E-state index contributed by atoms with van der Waals surface area (Å²) in [6.07, 6.45) is 2.50. The number of hydrogen-bond acceptors (Lipinski definition) is 6. The fraction of sp³-hybridized carbons (Fsp3) is 0.562. The number of imidazole rings is 1. The second kappa shape index (κ2) is 6.77. The van der Waals surface area contributed by atoms with Gasteiger partial charge in [0.15, 0.2) is 11.2 Å². The van der Waals surface area contributed by atoms with Gasteiger partial charge in [0.2, 0.25) is 5.91 Å². The molecule has 0 saturated carbocycles. The molecule has 1 fully saturated rings. The number of aromatic nitrogens is 4. The number of methoxy groups -OCH3 is 1. The molecule has 3 rings (SSSR count). The predicted octanol–water partition coefficient (Wildman–Crippen LogP) is -1.15. The number of esters is 1. The van der Waals surface area contributed by atoms with E-state index < -0.39 is 11.2 Å². The minimum absolute atomic E-state index is 0.0488. The molecule has 0 unspecified atom stereocenters. The van der Waals surface area contributed by atoms with Crippen LogP contribution in [0.3, 0.4) is 0 Å². The Hall–Kier alpha value is -2.91. The zero-order valence-electron chi connectivity index (χ0n) is 15.0. The first-order chi connectivity index (χ1) is 12.3. The maximum Gasteiger partial charge on any atom is 0.332 e. The van der Waals surface area contributed by atoms with Gasteiger partial charge in [-0.05, 0) is 12.8 Å². The highest BCUT2D eigenvalue weighted by molar-refractivity contribution is 5.79. The molecule has 10 nitrogen and oxygen atoms in total. The molecule has 1 aliphatic rings. The smallest absolute Gasteiger partial charge is 0.332 e. The van der Waals surface area contributed by atoms with Gasteiger partial charge in [-0.3, -0.25) is 23.5 Å². The van der Waals surface area contributed by atoms with E-state index in [9.17, 15) is 19.2 Å². The van der Waals surface area contributed by atoms with Crippen LogP contribution in [0.2, 0.25) is 0 Å². The number of likely N-dealkylation sites (tertiary alicyclic amines) is 1. The fourth-order valence-electron chi connectivity index (χ4n) is 3.29. The Morgan fingerprint density at radius 1 is 1.19 bits per heavy atom. The van der Waals surface area contributed by atoms with Crippen LogP contribution >= 0.6 is 0 Å². The van der Waals surface area contributed by atoms with E-state index in [0.717, 1.165) is 4.57 Å². The fourth-order valence-corrected chi connectivity index (χ4v) is 3.29. The van der Waals surface area contributed by atoms with Gasteiger partial charge >= 0.3 is 11.7 Å². The van der Waals surface area contributed by atoms with Crippen LogP contribution < -0.4 is 11.2 Å². The van der Waals surface area contributed by atoms with Crippen LogP contribution in [0.1, 0.15) is 12.8 Å². The number of rotatable bonds is 3. The summed E-state index contributed by atoms with van der Waals surface area (Å²) in [5.74, 6) is -0.592. The SMILES string of the molecule is COC(=O)C1CCN(C(=O)Cn2cnc3c2c(=O)n(C)c(=O)n3C)CC1. The van der Waals surface area contributed by atoms with E-state index in [1.165, 1.54) is 36.7 Å². The number of nitrogens with zero attached hydrogens (tertiary/aromatic N) is 5. The van der Waals surface area contributed by atoms with E-state index in [2.05, 4.69) is 4.98 Å². The number of carbonyl (C=O) groups is 2. The van der Waals surface area contributed by atoms with Gasteiger partial charge in [0.25, 0.3) is 5.56 Å². The molecule has 0 aliphatic carbocycles. The van der Waals surface area contributed by atoms with Crippen molar-refractivity contribution in [3.8, 4) is 0 Å². The van der Waals surface area contributed by atoms with Crippen molar-refractivity contribution in [2.45, 2.75) is 19.4 Å². The molecular formula is C16H21N5O5. The Bertz CT molecular complexity index is 977. The number of piperidine rings is 1. The molecule has 26 heavy (non-hydrogen) atoms. The summed E-state index contributed by atoms with van der Waals surface area (Å²) in [6.45, 7) is 0.871. The van der Waals surface area contributed by atoms with E-state index in [4.69, 9.17) is 4.74 Å². The number of fused-ring (bicyclic) bond motifs is 1. The Kier molecular flexibility index (Phi) is 4.66. The largest absolute Gasteiger partial charge is 0.469 e. The van der Waals surface area contributed by atoms with Crippen LogP contribution in [-0.4, -0.2) is 55.7 Å². The van der Waals surface area contributed by atoms with Gasteiger partial charge in [-0.1, -0.05) is 0 Å². The molecule has 140 valence electrons. The van der Waals surface area contributed by atoms with Crippen molar-refractivity contribution in [1.82, 2.24) is 23.6 Å². The Morgan fingerprint density at radius 2 is 1.85 bits per heavy atom. The van der Waals surface area contributed by atoms with Crippen LogP contribution in [0, 0.1) is 5.92 Å². The first-order valence-corrected chi connectivity index (χ1v) is 8.31. The van der Waals surface area contributed by atoms with Gasteiger partial charge in [-0.2, -0.15) is 0 Å². The molecule has 1 amide bonds. The molecule has 1 aliphatic heterocycles. The van der Waals surface area contributed by atoms with E-state index in [-0.39, 0.29) is 35.5 Å². The third-order valence-electron chi connectivity index (χ3n) is 4.90. The van der Waals surface area contributed by atoms with Crippen molar-refractivity contribution in [3.05, 3.63) is 27.2 Å². The van der Waals surface area contributed by atoms with Crippen LogP contribution in [-0.2, 0) is 35.0 Å². The summed E-state index contributed by atoms with van der Waals surface area (Å²) < 4.78 is 8.48. The lowest BCUT2D eigenvalue weighted by atomic mass is 9.97. The van der Waals surface area contributed by atoms with Crippen molar-refractivity contribution in [1.29, 1.82) is 0 Å². The third kappa shape index (κ3) is 2.91. The minimum atomic E-state index is -0.488. The molecule has 0 N–H and O–H groups in total. The summed E-state index contributed by atoms with van der Waals surface area (Å²) in [6, 6.07) is 0. The van der Waals surface area contributed by atoms with Gasteiger partial charge in [0.05, 0.1) is 19.4 Å². The van der Waals surface area contributed by atoms with Gasteiger partial charge in [-0.25, -0.2) is 9.78 Å². The maximum atomic E-state index is 12.6. The van der Waals surface area contributed by atoms with E-state index in [1.54, 1.807) is 4.90 Å². The topological polar surface area (TPSA) is 108 Å². The van der Waals surface area contributed by atoms with E-state index in [1.807, 2.05) is 0 Å². The first kappa shape index (κ1) is 17.9. The lowest BCUT2D eigenvalue weighted by Gasteiger charge is -2.30. The minimum Gasteiger partial charge on any atom is -0.469 e. The monoisotopic (exact) mass is 363 g/mol. The molecular weight excluding hydrogens is 342 g/mol. The van der Waals surface area contributed by atoms with Crippen molar-refractivity contribution in [2.24, 2.45) is 20.0 Å². The Labute approximate surface area is 148 Å². The molecule has 1 saturated heterocycles. The first-order valence-electron chi connectivity index (χ1n) is 8.31. The highest BCUT2D eigenvalue weighted by Gasteiger charge is 2.28. The number of hydrogen-bond donors (Lipinski definition) is 0. The van der Waals surface area contributed by atoms with Crippen molar-refractivity contribution >= 4 is 23.0 Å². The second-order valence-electron chi connectivity index (χ2n) is 6.43. The lowest BCUT2D eigenvalue weighted by molar-refractivity contribution is -0.149. The van der Waals surface area contributed by atoms with Crippen LogP contribution in [0.15, 0.2) is 15.9 Å². The molecule has 3 heterocycles. The van der Waals surface area contributed by atoms with Crippen molar-refractivity contribution < 1.29 is 14.3 Å². The Morgan fingerprint density at radius 3 is 2.46 bits per heavy atom. The summed E-state index contributed by atoms with van der Waals surface area (Å²) in [4.78, 5) is 54.3. The zero-order valence-corrected chi connectivity index (χ0v) is 15.0. The van der Waals surface area contributed by atoms with E-state index in [0.29, 0.717) is 25.9 Å². The summed E-state index contributed by atoms with van der Waals surface area (Å²) in [5.41, 5.74) is -0.496. The number of aryl methyl sites for hydroxylation is 1. The standard InChI is InChI=1S/C16H21N5O5/c1-18-13-12(14(23)19(2)16(18)25)21(9-17-13)8-11(22)20-6-4-10(5-7-20)15(24)26-3/h9-10H,4-8H2,1-3H3. The molecule has 0 bridgehead atoms. The summed E-state index contributed by atoms with van der Waals surface area (Å²) in [5, 5.41) is 0. The Balaban J connectivity index is 1.80. The maximum absolute atomic E-state index is 12.6. The summed E-state index contributed by atoms with van der Waals surface area (Å²) >= 11 is 0. The van der Waals surface area contributed by atoms with Crippen LogP contribution in [0.4, 0.5) is 0 Å². The van der Waals surface area contributed by atoms with Gasteiger partial charge in [-0.15, -0.1) is 0 Å². The molecule has 2 aromatic rings. The molecule has 0 spiro atoms. The third-order valence-corrected chi connectivity index (χ3v) is 4.90. The van der Waals surface area contributed by atoms with Crippen molar-refractivity contribution in [2.75, 3.05) is 20.2 Å². The number of amides is 1. The van der Waals surface area contributed by atoms with Gasteiger partial charge < -0.3 is 14.2 Å². The van der Waals surface area contributed by atoms with Crippen molar-refractivity contribution in [3.63, 3.8) is 0 Å². The molecule has 0 aromatic carbocycles. The average Bonchev–Trinajstić information content (AvgIpc) is 3.07. The van der Waals surface area contributed by atoms with Crippen LogP contribution in [0.5, 0.6) is 0 Å². The van der Waals surface area contributed by atoms with Gasteiger partial charge in [0.1, 0.15) is 6.54 Å². The highest BCUT2D eigenvalue weighted by Crippen LogP contribution is 2.19. The van der Waals surface area contributed by atoms with Gasteiger partial charge in [0, 0.05) is 27.2 Å². The number of ether oxygens (including phenoxy) is 1. The molecule has 2 aromatic heterocycles. The summed E-state index contributed by atoms with van der Waals surface area (Å²) in [7, 11) is 4.28. The molecule has 10 heteroatoms. The molecule has 0 atom stereocenters. The normalized spacial score (nSPS) is 15.4. The average molecular weight is 363 g/mol. The molecule has 0 radical (unpaired) electrons. The van der Waals surface area contributed by atoms with E-state index >= 15 is 0 Å². The van der Waals surface area contributed by atoms with Crippen LogP contribution in [0.25, 0.3) is 11.2 Å². The zero-order chi connectivity index (χ0) is 19.0. The highest BCUT2D eigenvalue weighted by atomic mass is 16.5. The second-order valence-corrected chi connectivity index (χ2v) is 6.43. The quantitative estimate of drug-likeness (QED) is 0.637. The number of carbonyl (C=O) groups excluding carboxylic acids is 2.